The van der Waals surface area contributed by atoms with Crippen LogP contribution in [0, 0.1) is 0 Å². The number of carbonyl (C=O) groups is 1. The van der Waals surface area contributed by atoms with Gasteiger partial charge in [-0.15, -0.1) is 0 Å². The Morgan fingerprint density at radius 1 is 1.25 bits per heavy atom. The van der Waals surface area contributed by atoms with Crippen LogP contribution in [0.3, 0.4) is 0 Å². The predicted octanol–water partition coefficient (Wildman–Crippen LogP) is 2.34. The summed E-state index contributed by atoms with van der Waals surface area (Å²) in [6, 6.07) is 10.1. The van der Waals surface area contributed by atoms with E-state index in [1.54, 1.807) is 13.8 Å². The molecule has 3 atom stereocenters. The molecule has 1 rings (SSSR count). The minimum absolute atomic E-state index is 0.209. The first-order valence-electron chi connectivity index (χ1n) is 6.97. The van der Waals surface area contributed by atoms with Gasteiger partial charge in [-0.1, -0.05) is 30.3 Å². The third-order valence-corrected chi connectivity index (χ3v) is 3.31. The lowest BCUT2D eigenvalue weighted by Crippen LogP contribution is -2.30. The van der Waals surface area contributed by atoms with Gasteiger partial charge in [0.25, 0.3) is 0 Å². The van der Waals surface area contributed by atoms with Crippen molar-refractivity contribution < 1.29 is 19.4 Å². The summed E-state index contributed by atoms with van der Waals surface area (Å²) in [5.74, 6) is -0.291. The molecule has 0 aliphatic carbocycles. The molecule has 0 heterocycles. The Morgan fingerprint density at radius 3 is 2.45 bits per heavy atom. The first-order valence-corrected chi connectivity index (χ1v) is 6.97. The molecule has 0 aliphatic heterocycles. The van der Waals surface area contributed by atoms with Gasteiger partial charge in [-0.05, 0) is 32.3 Å². The van der Waals surface area contributed by atoms with E-state index in [0.29, 0.717) is 0 Å². The van der Waals surface area contributed by atoms with Gasteiger partial charge in [-0.25, -0.2) is 0 Å². The Bertz CT molecular complexity index is 389. The largest absolute Gasteiger partial charge is 0.469 e. The summed E-state index contributed by atoms with van der Waals surface area (Å²) >= 11 is 0. The van der Waals surface area contributed by atoms with Crippen LogP contribution in [0.25, 0.3) is 0 Å². The number of hydrogen-bond donors (Lipinski definition) is 1. The summed E-state index contributed by atoms with van der Waals surface area (Å²) in [7, 11) is 1.37. The topological polar surface area (TPSA) is 55.8 Å². The number of ether oxygens (including phenoxy) is 2. The Morgan fingerprint density at radius 2 is 1.90 bits per heavy atom. The van der Waals surface area contributed by atoms with Crippen molar-refractivity contribution >= 4 is 5.97 Å². The molecule has 0 amide bonds. The molecule has 4 heteroatoms. The van der Waals surface area contributed by atoms with Gasteiger partial charge in [0, 0.05) is 0 Å². The summed E-state index contributed by atoms with van der Waals surface area (Å²) in [5, 5.41) is 9.51. The number of methoxy groups -OCH3 is 1. The van der Waals surface area contributed by atoms with Crippen LogP contribution in [0.2, 0.25) is 0 Å². The lowest BCUT2D eigenvalue weighted by molar-refractivity contribution is -0.146. The zero-order valence-corrected chi connectivity index (χ0v) is 12.4. The minimum Gasteiger partial charge on any atom is -0.469 e. The predicted molar refractivity (Wildman–Crippen MR) is 77.4 cm³/mol. The second kappa shape index (κ2) is 8.72. The van der Waals surface area contributed by atoms with Gasteiger partial charge >= 0.3 is 5.97 Å². The van der Waals surface area contributed by atoms with E-state index in [1.165, 1.54) is 12.7 Å². The molecule has 112 valence electrons. The van der Waals surface area contributed by atoms with E-state index < -0.39 is 6.10 Å². The SMILES string of the molecule is COC(=O)CC(CCc1ccccc1)O[C@H](C)[C@@H](C)O. The van der Waals surface area contributed by atoms with Crippen LogP contribution in [-0.2, 0) is 20.7 Å². The highest BCUT2D eigenvalue weighted by atomic mass is 16.5. The first kappa shape index (κ1) is 16.7. The Hall–Kier alpha value is -1.39. The van der Waals surface area contributed by atoms with Gasteiger partial charge in [0.15, 0.2) is 0 Å². The molecule has 4 nitrogen and oxygen atoms in total. The quantitative estimate of drug-likeness (QED) is 0.743. The number of aliphatic hydroxyl groups excluding tert-OH is 1. The Balaban J connectivity index is 2.55. The summed E-state index contributed by atoms with van der Waals surface area (Å²) in [5.41, 5.74) is 1.20. The molecule has 0 saturated heterocycles. The summed E-state index contributed by atoms with van der Waals surface area (Å²) < 4.78 is 10.4. The number of rotatable bonds is 8. The number of aliphatic hydroxyl groups is 1. The fourth-order valence-corrected chi connectivity index (χ4v) is 1.88. The molecular weight excluding hydrogens is 256 g/mol. The Labute approximate surface area is 120 Å². The lowest BCUT2D eigenvalue weighted by atomic mass is 10.0. The third-order valence-electron chi connectivity index (χ3n) is 3.31. The van der Waals surface area contributed by atoms with Crippen LogP contribution < -0.4 is 0 Å². The molecule has 1 aromatic carbocycles. The second-order valence-corrected chi connectivity index (χ2v) is 5.01. The number of aryl methyl sites for hydroxylation is 1. The van der Waals surface area contributed by atoms with Crippen molar-refractivity contribution in [3.8, 4) is 0 Å². The summed E-state index contributed by atoms with van der Waals surface area (Å²) in [6.45, 7) is 3.48. The smallest absolute Gasteiger partial charge is 0.308 e. The van der Waals surface area contributed by atoms with E-state index in [1.807, 2.05) is 30.3 Å². The van der Waals surface area contributed by atoms with E-state index in [4.69, 9.17) is 9.47 Å². The van der Waals surface area contributed by atoms with Crippen molar-refractivity contribution in [1.29, 1.82) is 0 Å². The lowest BCUT2D eigenvalue weighted by Gasteiger charge is -2.23. The maximum Gasteiger partial charge on any atom is 0.308 e. The molecular formula is C16H24O4. The molecule has 0 bridgehead atoms. The molecule has 1 unspecified atom stereocenters. The molecule has 0 aromatic heterocycles. The zero-order valence-electron chi connectivity index (χ0n) is 12.4. The highest BCUT2D eigenvalue weighted by Gasteiger charge is 2.20. The number of esters is 1. The normalized spacial score (nSPS) is 15.4. The molecule has 0 spiro atoms. The number of hydrogen-bond acceptors (Lipinski definition) is 4. The van der Waals surface area contributed by atoms with E-state index in [0.717, 1.165) is 12.8 Å². The zero-order chi connectivity index (χ0) is 15.0. The molecule has 0 radical (unpaired) electrons. The maximum atomic E-state index is 11.4. The number of carbonyl (C=O) groups excluding carboxylic acids is 1. The van der Waals surface area contributed by atoms with Gasteiger partial charge in [0.05, 0.1) is 31.8 Å². The van der Waals surface area contributed by atoms with Crippen molar-refractivity contribution in [2.24, 2.45) is 0 Å². The standard InChI is InChI=1S/C16H24O4/c1-12(17)13(2)20-15(11-16(18)19-3)10-9-14-7-5-4-6-8-14/h4-8,12-13,15,17H,9-11H2,1-3H3/t12-,13-,15?/m1/s1. The van der Waals surface area contributed by atoms with Gasteiger partial charge in [0.1, 0.15) is 0 Å². The van der Waals surface area contributed by atoms with Crippen molar-refractivity contribution in [2.45, 2.75) is 51.4 Å². The van der Waals surface area contributed by atoms with Crippen molar-refractivity contribution in [3.05, 3.63) is 35.9 Å². The summed E-state index contributed by atoms with van der Waals surface area (Å²) in [6.07, 6.45) is 0.644. The van der Waals surface area contributed by atoms with Crippen LogP contribution in [-0.4, -0.2) is 36.5 Å². The van der Waals surface area contributed by atoms with Crippen LogP contribution in [0.1, 0.15) is 32.3 Å². The van der Waals surface area contributed by atoms with Gasteiger partial charge in [0.2, 0.25) is 0 Å². The number of benzene rings is 1. The van der Waals surface area contributed by atoms with Crippen LogP contribution in [0.5, 0.6) is 0 Å². The van der Waals surface area contributed by atoms with E-state index in [9.17, 15) is 9.90 Å². The van der Waals surface area contributed by atoms with Crippen molar-refractivity contribution in [2.75, 3.05) is 7.11 Å². The van der Waals surface area contributed by atoms with Gasteiger partial charge in [-0.3, -0.25) is 4.79 Å². The molecule has 1 N–H and O–H groups in total. The molecule has 0 fully saturated rings. The molecule has 1 aromatic rings. The van der Waals surface area contributed by atoms with Crippen molar-refractivity contribution in [1.82, 2.24) is 0 Å². The van der Waals surface area contributed by atoms with E-state index >= 15 is 0 Å². The fourth-order valence-electron chi connectivity index (χ4n) is 1.88. The van der Waals surface area contributed by atoms with Crippen molar-refractivity contribution in [3.63, 3.8) is 0 Å². The monoisotopic (exact) mass is 280 g/mol. The molecule has 0 aliphatic rings. The van der Waals surface area contributed by atoms with Crippen LogP contribution in [0.4, 0.5) is 0 Å². The first-order chi connectivity index (χ1) is 9.52. The molecule has 0 saturated carbocycles. The molecule has 20 heavy (non-hydrogen) atoms. The average molecular weight is 280 g/mol. The third kappa shape index (κ3) is 6.17. The summed E-state index contributed by atoms with van der Waals surface area (Å²) in [4.78, 5) is 11.4. The van der Waals surface area contributed by atoms with Gasteiger partial charge in [-0.2, -0.15) is 0 Å². The second-order valence-electron chi connectivity index (χ2n) is 5.01. The van der Waals surface area contributed by atoms with E-state index in [-0.39, 0.29) is 24.6 Å². The van der Waals surface area contributed by atoms with Gasteiger partial charge < -0.3 is 14.6 Å². The Kier molecular flexibility index (Phi) is 7.26. The minimum atomic E-state index is -0.563. The average Bonchev–Trinajstić information content (AvgIpc) is 2.45. The van der Waals surface area contributed by atoms with Crippen LogP contribution in [0.15, 0.2) is 30.3 Å². The van der Waals surface area contributed by atoms with E-state index in [2.05, 4.69) is 0 Å². The maximum absolute atomic E-state index is 11.4. The highest BCUT2D eigenvalue weighted by Crippen LogP contribution is 2.14. The highest BCUT2D eigenvalue weighted by molar-refractivity contribution is 5.69. The fraction of sp³-hybridized carbons (Fsp3) is 0.562. The van der Waals surface area contributed by atoms with Crippen LogP contribution >= 0.6 is 0 Å².